The third-order valence-electron chi connectivity index (χ3n) is 11.3. The zero-order valence-corrected chi connectivity index (χ0v) is 31.3. The summed E-state index contributed by atoms with van der Waals surface area (Å²) >= 11 is 0. The molecule has 1 unspecified atom stereocenters. The number of rotatable bonds is 11. The van der Waals surface area contributed by atoms with E-state index in [1.165, 1.54) is 13.1 Å². The number of ether oxygens (including phenoxy) is 3. The van der Waals surface area contributed by atoms with Gasteiger partial charge in [0.1, 0.15) is 23.7 Å². The molecule has 1 saturated heterocycles. The van der Waals surface area contributed by atoms with Crippen LogP contribution in [0.1, 0.15) is 49.4 Å². The Labute approximate surface area is 297 Å². The van der Waals surface area contributed by atoms with Crippen molar-refractivity contribution < 1.29 is 29.3 Å². The number of aliphatic hydroxyl groups is 2. The maximum absolute atomic E-state index is 13.5. The number of aliphatic hydroxyl groups excluding tert-OH is 1. The Balaban J connectivity index is 1.91. The molecule has 0 bridgehead atoms. The number of hydrogen-bond donors (Lipinski definition) is 3. The molecule has 3 N–H and O–H groups in total. The standard InChI is InChI=1S/C38H47N3O9Si/c1-25-22-40(34(44)39-33(25)43)36(24-41(46)47)23-37(45,51(7,8)35(2,3)4)32(50-36)31(42)38(26-12-10-9-11-13-26,27-14-18-29(48-5)19-15-27)28-16-20-30(49-6)21-17-28/h9-22,31-32,42,45H,23-24H2,1-8H3,(H,39,43,44)/t31?,32-,36+,37-/m1/s1. The molecule has 1 aromatic heterocycles. The summed E-state index contributed by atoms with van der Waals surface area (Å²) in [5, 5.41) is 36.9. The molecule has 5 rings (SSSR count). The van der Waals surface area contributed by atoms with Crippen LogP contribution in [0, 0.1) is 17.0 Å². The third-order valence-corrected chi connectivity index (χ3v) is 17.7. The number of hydrogen-bond acceptors (Lipinski definition) is 9. The molecule has 2 heterocycles. The Morgan fingerprint density at radius 3 is 1.90 bits per heavy atom. The molecule has 0 saturated carbocycles. The van der Waals surface area contributed by atoms with E-state index in [0.29, 0.717) is 28.2 Å². The zero-order valence-electron chi connectivity index (χ0n) is 30.3. The maximum atomic E-state index is 13.5. The van der Waals surface area contributed by atoms with E-state index in [9.17, 15) is 29.9 Å². The average Bonchev–Trinajstić information content (AvgIpc) is 3.40. The molecule has 3 aromatic carbocycles. The van der Waals surface area contributed by atoms with Crippen LogP contribution in [0.15, 0.2) is 94.6 Å². The number of nitrogens with one attached hydrogen (secondary N) is 1. The van der Waals surface area contributed by atoms with Gasteiger partial charge in [0.15, 0.2) is 0 Å². The van der Waals surface area contributed by atoms with E-state index in [1.807, 2.05) is 88.5 Å². The van der Waals surface area contributed by atoms with Gasteiger partial charge < -0.3 is 24.4 Å². The number of benzene rings is 3. The lowest BCUT2D eigenvalue weighted by atomic mass is 9.64. The fourth-order valence-electron chi connectivity index (χ4n) is 7.48. The summed E-state index contributed by atoms with van der Waals surface area (Å²) in [6, 6.07) is 23.7. The Morgan fingerprint density at radius 1 is 0.961 bits per heavy atom. The van der Waals surface area contributed by atoms with Crippen molar-refractivity contribution in [2.24, 2.45) is 0 Å². The number of nitrogens with zero attached hydrogens (tertiary/aromatic N) is 2. The lowest BCUT2D eigenvalue weighted by molar-refractivity contribution is -0.510. The monoisotopic (exact) mass is 717 g/mol. The van der Waals surface area contributed by atoms with Crippen molar-refractivity contribution in [2.75, 3.05) is 20.8 Å². The first-order valence-electron chi connectivity index (χ1n) is 16.8. The molecular formula is C38H47N3O9Si. The predicted molar refractivity (Wildman–Crippen MR) is 196 cm³/mol. The van der Waals surface area contributed by atoms with Crippen LogP contribution in [0.4, 0.5) is 0 Å². The summed E-state index contributed by atoms with van der Waals surface area (Å²) in [4.78, 5) is 40.1. The van der Waals surface area contributed by atoms with Crippen LogP contribution in [0.2, 0.25) is 18.1 Å². The fourth-order valence-corrected chi connectivity index (χ4v) is 10.4. The van der Waals surface area contributed by atoms with Crippen molar-refractivity contribution in [1.29, 1.82) is 0 Å². The van der Waals surface area contributed by atoms with Gasteiger partial charge in [-0.25, -0.2) is 4.79 Å². The van der Waals surface area contributed by atoms with Crippen molar-refractivity contribution in [2.45, 2.75) is 80.8 Å². The summed E-state index contributed by atoms with van der Waals surface area (Å²) in [5.74, 6) is 1.16. The van der Waals surface area contributed by atoms with Gasteiger partial charge >= 0.3 is 5.69 Å². The van der Waals surface area contributed by atoms with Gasteiger partial charge in [-0.05, 0) is 52.9 Å². The normalized spacial score (nSPS) is 21.6. The highest BCUT2D eigenvalue weighted by atomic mass is 28.3. The van der Waals surface area contributed by atoms with Crippen molar-refractivity contribution in [1.82, 2.24) is 9.55 Å². The predicted octanol–water partition coefficient (Wildman–Crippen LogP) is 4.75. The van der Waals surface area contributed by atoms with E-state index in [0.717, 1.165) is 4.57 Å². The summed E-state index contributed by atoms with van der Waals surface area (Å²) in [7, 11) is -0.0182. The van der Waals surface area contributed by atoms with Gasteiger partial charge in [0.2, 0.25) is 5.72 Å². The molecule has 4 aromatic rings. The molecule has 1 aliphatic heterocycles. The van der Waals surface area contributed by atoms with Gasteiger partial charge in [0, 0.05) is 23.1 Å². The van der Waals surface area contributed by atoms with Crippen LogP contribution < -0.4 is 20.7 Å². The van der Waals surface area contributed by atoms with Crippen LogP contribution in [0.3, 0.4) is 0 Å². The lowest BCUT2D eigenvalue weighted by Crippen LogP contribution is -2.68. The molecule has 0 aliphatic carbocycles. The zero-order chi connectivity index (χ0) is 37.6. The minimum Gasteiger partial charge on any atom is -0.497 e. The van der Waals surface area contributed by atoms with Crippen LogP contribution in [0.25, 0.3) is 0 Å². The molecule has 1 fully saturated rings. The molecule has 13 heteroatoms. The van der Waals surface area contributed by atoms with E-state index in [1.54, 1.807) is 38.5 Å². The van der Waals surface area contributed by atoms with Crippen molar-refractivity contribution >= 4 is 8.07 Å². The van der Waals surface area contributed by atoms with Gasteiger partial charge in [0.05, 0.1) is 32.9 Å². The van der Waals surface area contributed by atoms with Gasteiger partial charge in [-0.15, -0.1) is 0 Å². The number of nitro groups is 1. The first kappa shape index (κ1) is 37.7. The summed E-state index contributed by atoms with van der Waals surface area (Å²) in [6.07, 6.45) is -2.29. The number of methoxy groups -OCH3 is 2. The number of aryl methyl sites for hydroxylation is 1. The lowest BCUT2D eigenvalue weighted by Gasteiger charge is -2.52. The van der Waals surface area contributed by atoms with Crippen molar-refractivity contribution in [3.05, 3.63) is 138 Å². The number of aromatic nitrogens is 2. The highest BCUT2D eigenvalue weighted by molar-refractivity contribution is 6.83. The Bertz CT molecular complexity index is 1940. The molecule has 1 aliphatic rings. The molecule has 0 amide bonds. The van der Waals surface area contributed by atoms with E-state index >= 15 is 0 Å². The van der Waals surface area contributed by atoms with Gasteiger partial charge in [-0.1, -0.05) is 88.5 Å². The molecule has 272 valence electrons. The summed E-state index contributed by atoms with van der Waals surface area (Å²) in [6.45, 7) is 10.4. The first-order chi connectivity index (χ1) is 23.9. The van der Waals surface area contributed by atoms with Crippen molar-refractivity contribution in [3.63, 3.8) is 0 Å². The van der Waals surface area contributed by atoms with E-state index < -0.39 is 70.8 Å². The molecule has 51 heavy (non-hydrogen) atoms. The Morgan fingerprint density at radius 2 is 1.45 bits per heavy atom. The fraction of sp³-hybridized carbons (Fsp3) is 0.421. The number of aromatic amines is 1. The second-order valence-corrected chi connectivity index (χ2v) is 20.6. The van der Waals surface area contributed by atoms with Crippen LogP contribution >= 0.6 is 0 Å². The van der Waals surface area contributed by atoms with Gasteiger partial charge in [-0.3, -0.25) is 24.5 Å². The second kappa shape index (κ2) is 13.5. The van der Waals surface area contributed by atoms with Crippen LogP contribution in [-0.4, -0.2) is 71.0 Å². The quantitative estimate of drug-likeness (QED) is 0.0859. The van der Waals surface area contributed by atoms with E-state index in [4.69, 9.17) is 14.2 Å². The largest absolute Gasteiger partial charge is 0.497 e. The molecule has 4 atom stereocenters. The molecule has 12 nitrogen and oxygen atoms in total. The molecule has 0 radical (unpaired) electrons. The minimum atomic E-state index is -3.13. The molecular weight excluding hydrogens is 671 g/mol. The second-order valence-electron chi connectivity index (χ2n) is 15.0. The third kappa shape index (κ3) is 6.22. The Hall–Kier alpha value is -4.56. The average molecular weight is 718 g/mol. The van der Waals surface area contributed by atoms with E-state index in [2.05, 4.69) is 4.98 Å². The topological polar surface area (TPSA) is 166 Å². The SMILES string of the molecule is COc1ccc(C(c2ccccc2)(c2ccc(OC)cc2)C(O)[C@H]2O[C@@](C[N+](=O)[O-])(n3cc(C)c(=O)[nH]c3=O)C[C@@]2(O)[Si](C)(C)C(C)(C)C)cc1. The molecule has 0 spiro atoms. The Kier molecular flexibility index (Phi) is 10.00. The van der Waals surface area contributed by atoms with Gasteiger partial charge in [-0.2, -0.15) is 0 Å². The van der Waals surface area contributed by atoms with Crippen LogP contribution in [-0.2, 0) is 15.9 Å². The highest BCUT2D eigenvalue weighted by Gasteiger charge is 2.71. The first-order valence-corrected chi connectivity index (χ1v) is 19.8. The summed E-state index contributed by atoms with van der Waals surface area (Å²) in [5.41, 5.74) is -3.11. The number of H-pyrrole nitrogens is 1. The minimum absolute atomic E-state index is 0.121. The smallest absolute Gasteiger partial charge is 0.330 e. The van der Waals surface area contributed by atoms with Gasteiger partial charge in [0.25, 0.3) is 12.1 Å². The highest BCUT2D eigenvalue weighted by Crippen LogP contribution is 2.57. The maximum Gasteiger partial charge on any atom is 0.330 e. The van der Waals surface area contributed by atoms with Crippen molar-refractivity contribution in [3.8, 4) is 11.5 Å². The summed E-state index contributed by atoms with van der Waals surface area (Å²) < 4.78 is 18.8. The van der Waals surface area contributed by atoms with E-state index in [-0.39, 0.29) is 5.56 Å². The van der Waals surface area contributed by atoms with Crippen LogP contribution in [0.5, 0.6) is 11.5 Å².